The molecule has 5 heteroatoms. The van der Waals surface area contributed by atoms with Gasteiger partial charge < -0.3 is 10.6 Å². The molecular weight excluding hydrogens is 236 g/mol. The summed E-state index contributed by atoms with van der Waals surface area (Å²) >= 11 is 1.86. The fraction of sp³-hybridized carbons (Fsp3) is 0.833. The summed E-state index contributed by atoms with van der Waals surface area (Å²) in [5.74, 6) is 1.32. The first-order valence-corrected chi connectivity index (χ1v) is 7.66. The fourth-order valence-corrected chi connectivity index (χ4v) is 2.35. The molecule has 1 atom stereocenters. The van der Waals surface area contributed by atoms with Gasteiger partial charge in [0.2, 0.25) is 11.8 Å². The molecule has 1 aliphatic rings. The molecule has 1 heterocycles. The van der Waals surface area contributed by atoms with Crippen LogP contribution in [0.2, 0.25) is 0 Å². The molecule has 0 aromatic heterocycles. The second-order valence-electron chi connectivity index (χ2n) is 4.38. The van der Waals surface area contributed by atoms with Crippen molar-refractivity contribution in [2.24, 2.45) is 5.92 Å². The van der Waals surface area contributed by atoms with Gasteiger partial charge in [-0.25, -0.2) is 0 Å². The topological polar surface area (TPSA) is 58.2 Å². The molecule has 2 amide bonds. The van der Waals surface area contributed by atoms with Gasteiger partial charge in [0.05, 0.1) is 5.92 Å². The zero-order valence-corrected chi connectivity index (χ0v) is 11.3. The number of amides is 2. The van der Waals surface area contributed by atoms with E-state index in [1.807, 2.05) is 11.8 Å². The minimum absolute atomic E-state index is 0.0288. The van der Waals surface area contributed by atoms with E-state index in [2.05, 4.69) is 16.9 Å². The van der Waals surface area contributed by atoms with E-state index >= 15 is 0 Å². The third kappa shape index (κ3) is 5.96. The largest absolute Gasteiger partial charge is 0.356 e. The van der Waals surface area contributed by atoms with E-state index < -0.39 is 0 Å². The maximum absolute atomic E-state index is 11.7. The Morgan fingerprint density at radius 1 is 1.47 bits per heavy atom. The van der Waals surface area contributed by atoms with E-state index in [9.17, 15) is 9.59 Å². The summed E-state index contributed by atoms with van der Waals surface area (Å²) < 4.78 is 0. The lowest BCUT2D eigenvalue weighted by Crippen LogP contribution is -2.43. The van der Waals surface area contributed by atoms with Crippen LogP contribution in [-0.4, -0.2) is 36.9 Å². The number of piperidine rings is 1. The van der Waals surface area contributed by atoms with E-state index in [0.717, 1.165) is 13.0 Å². The van der Waals surface area contributed by atoms with Crippen molar-refractivity contribution >= 4 is 23.6 Å². The van der Waals surface area contributed by atoms with Gasteiger partial charge in [-0.3, -0.25) is 9.59 Å². The molecule has 0 aromatic rings. The summed E-state index contributed by atoms with van der Waals surface area (Å²) in [6.45, 7) is 1.26. The molecule has 1 saturated heterocycles. The van der Waals surface area contributed by atoms with Crippen molar-refractivity contribution in [3.63, 3.8) is 0 Å². The molecule has 0 bridgehead atoms. The van der Waals surface area contributed by atoms with Crippen LogP contribution in [0.5, 0.6) is 0 Å². The summed E-state index contributed by atoms with van der Waals surface area (Å²) in [6.07, 6.45) is 6.71. The number of carbonyl (C=O) groups excluding carboxylic acids is 2. The molecule has 0 saturated carbocycles. The van der Waals surface area contributed by atoms with Crippen LogP contribution in [0.1, 0.15) is 32.1 Å². The highest BCUT2D eigenvalue weighted by Crippen LogP contribution is 2.10. The Bertz CT molecular complexity index is 249. The number of nitrogens with one attached hydrogen (secondary N) is 2. The van der Waals surface area contributed by atoms with Gasteiger partial charge >= 0.3 is 0 Å². The molecule has 0 aromatic carbocycles. The zero-order chi connectivity index (χ0) is 12.5. The van der Waals surface area contributed by atoms with Gasteiger partial charge in [-0.05, 0) is 31.3 Å². The van der Waals surface area contributed by atoms with Crippen molar-refractivity contribution in [3.05, 3.63) is 0 Å². The smallest absolute Gasteiger partial charge is 0.224 e. The predicted molar refractivity (Wildman–Crippen MR) is 71.0 cm³/mol. The molecule has 1 aliphatic heterocycles. The van der Waals surface area contributed by atoms with E-state index in [1.165, 1.54) is 18.6 Å². The Balaban J connectivity index is 2.03. The van der Waals surface area contributed by atoms with Gasteiger partial charge in [-0.15, -0.1) is 0 Å². The second-order valence-corrected chi connectivity index (χ2v) is 5.37. The van der Waals surface area contributed by atoms with Crippen LogP contribution in [0.15, 0.2) is 0 Å². The first-order valence-electron chi connectivity index (χ1n) is 6.27. The molecule has 17 heavy (non-hydrogen) atoms. The van der Waals surface area contributed by atoms with Gasteiger partial charge in [-0.2, -0.15) is 11.8 Å². The van der Waals surface area contributed by atoms with Crippen molar-refractivity contribution in [3.8, 4) is 0 Å². The van der Waals surface area contributed by atoms with E-state index in [0.29, 0.717) is 19.4 Å². The minimum atomic E-state index is -0.0288. The summed E-state index contributed by atoms with van der Waals surface area (Å²) in [6, 6.07) is 0. The highest BCUT2D eigenvalue weighted by Gasteiger charge is 2.23. The van der Waals surface area contributed by atoms with Crippen LogP contribution in [0.3, 0.4) is 0 Å². The Morgan fingerprint density at radius 3 is 2.94 bits per heavy atom. The van der Waals surface area contributed by atoms with Crippen LogP contribution < -0.4 is 10.6 Å². The lowest BCUT2D eigenvalue weighted by atomic mass is 9.98. The maximum Gasteiger partial charge on any atom is 0.224 e. The highest BCUT2D eigenvalue weighted by molar-refractivity contribution is 7.98. The number of unbranched alkanes of at least 4 members (excludes halogenated alkanes) is 2. The predicted octanol–water partition coefficient (Wildman–Crippen LogP) is 1.16. The Kier molecular flexibility index (Phi) is 7.08. The van der Waals surface area contributed by atoms with Crippen LogP contribution in [0.25, 0.3) is 0 Å². The molecule has 0 spiro atoms. The van der Waals surface area contributed by atoms with Crippen LogP contribution in [-0.2, 0) is 9.59 Å². The molecule has 4 nitrogen and oxygen atoms in total. The Hall–Kier alpha value is -0.710. The molecule has 0 radical (unpaired) electrons. The van der Waals surface area contributed by atoms with Crippen LogP contribution in [0.4, 0.5) is 0 Å². The Morgan fingerprint density at radius 2 is 2.29 bits per heavy atom. The Labute approximate surface area is 107 Å². The summed E-state index contributed by atoms with van der Waals surface area (Å²) in [7, 11) is 0. The van der Waals surface area contributed by atoms with Crippen molar-refractivity contribution in [2.75, 3.05) is 25.1 Å². The van der Waals surface area contributed by atoms with Crippen molar-refractivity contribution in [1.29, 1.82) is 0 Å². The van der Waals surface area contributed by atoms with Crippen LogP contribution >= 0.6 is 11.8 Å². The third-order valence-electron chi connectivity index (χ3n) is 2.96. The van der Waals surface area contributed by atoms with Gasteiger partial charge in [-0.1, -0.05) is 6.42 Å². The number of thioether (sulfide) groups is 1. The molecule has 1 unspecified atom stereocenters. The van der Waals surface area contributed by atoms with Gasteiger partial charge in [0.25, 0.3) is 0 Å². The average molecular weight is 258 g/mol. The van der Waals surface area contributed by atoms with Gasteiger partial charge in [0.1, 0.15) is 0 Å². The molecule has 1 rings (SSSR count). The fourth-order valence-electron chi connectivity index (χ4n) is 1.86. The lowest BCUT2D eigenvalue weighted by Gasteiger charge is -2.21. The SMILES string of the molecule is CSCCCCCNC(=O)C1CCC(=O)NC1. The minimum Gasteiger partial charge on any atom is -0.356 e. The molecule has 0 aliphatic carbocycles. The van der Waals surface area contributed by atoms with Crippen LogP contribution in [0, 0.1) is 5.92 Å². The van der Waals surface area contributed by atoms with Crippen molar-refractivity contribution in [2.45, 2.75) is 32.1 Å². The first kappa shape index (κ1) is 14.4. The summed E-state index contributed by atoms with van der Waals surface area (Å²) in [5.41, 5.74) is 0. The third-order valence-corrected chi connectivity index (χ3v) is 3.66. The molecule has 1 fully saturated rings. The number of carbonyl (C=O) groups is 2. The molecule has 2 N–H and O–H groups in total. The van der Waals surface area contributed by atoms with Crippen molar-refractivity contribution in [1.82, 2.24) is 10.6 Å². The molecule has 98 valence electrons. The quantitative estimate of drug-likeness (QED) is 0.674. The van der Waals surface area contributed by atoms with Gasteiger partial charge in [0.15, 0.2) is 0 Å². The number of hydrogen-bond donors (Lipinski definition) is 2. The first-order chi connectivity index (χ1) is 8.24. The summed E-state index contributed by atoms with van der Waals surface area (Å²) in [5, 5.41) is 5.68. The number of rotatable bonds is 7. The van der Waals surface area contributed by atoms with Crippen molar-refractivity contribution < 1.29 is 9.59 Å². The highest BCUT2D eigenvalue weighted by atomic mass is 32.2. The van der Waals surface area contributed by atoms with E-state index in [1.54, 1.807) is 0 Å². The zero-order valence-electron chi connectivity index (χ0n) is 10.5. The monoisotopic (exact) mass is 258 g/mol. The normalized spacial score (nSPS) is 19.8. The number of hydrogen-bond acceptors (Lipinski definition) is 3. The van der Waals surface area contributed by atoms with E-state index in [-0.39, 0.29) is 17.7 Å². The van der Waals surface area contributed by atoms with Gasteiger partial charge in [0, 0.05) is 19.5 Å². The molecular formula is C12H22N2O2S. The summed E-state index contributed by atoms with van der Waals surface area (Å²) in [4.78, 5) is 22.7. The average Bonchev–Trinajstić information content (AvgIpc) is 2.34. The second kappa shape index (κ2) is 8.39. The lowest BCUT2D eigenvalue weighted by molar-refractivity contribution is -0.128. The standard InChI is InChI=1S/C12H22N2O2S/c1-17-8-4-2-3-7-13-12(16)10-5-6-11(15)14-9-10/h10H,2-9H2,1H3,(H,13,16)(H,14,15). The van der Waals surface area contributed by atoms with E-state index in [4.69, 9.17) is 0 Å². The maximum atomic E-state index is 11.7.